The minimum atomic E-state index is -0.468. The molecule has 2 aromatic carbocycles. The number of nitrogens with one attached hydrogen (secondary N) is 2. The van der Waals surface area contributed by atoms with Crippen LogP contribution in [0.5, 0.6) is 5.75 Å². The first-order chi connectivity index (χ1) is 11.6. The minimum Gasteiger partial charge on any atom is -0.508 e. The lowest BCUT2D eigenvalue weighted by Gasteiger charge is -2.12. The highest BCUT2D eigenvalue weighted by atomic mass is 19.1. The van der Waals surface area contributed by atoms with Gasteiger partial charge in [0.25, 0.3) is 0 Å². The number of guanidine groups is 1. The molecule has 0 fully saturated rings. The van der Waals surface area contributed by atoms with Gasteiger partial charge in [-0.05, 0) is 48.7 Å². The Bertz CT molecular complexity index is 687. The number of aliphatic imine (C=N–C) groups is 1. The molecule has 128 valence electrons. The van der Waals surface area contributed by atoms with Crippen LogP contribution in [0.25, 0.3) is 0 Å². The third kappa shape index (κ3) is 5.53. The van der Waals surface area contributed by atoms with Gasteiger partial charge in [-0.25, -0.2) is 8.78 Å². The quantitative estimate of drug-likeness (QED) is 0.433. The molecule has 2 aromatic rings. The Morgan fingerprint density at radius 1 is 1.08 bits per heavy atom. The Balaban J connectivity index is 1.74. The second-order valence-corrected chi connectivity index (χ2v) is 5.36. The van der Waals surface area contributed by atoms with Crippen LogP contribution >= 0.6 is 0 Å². The van der Waals surface area contributed by atoms with E-state index in [4.69, 9.17) is 0 Å². The first kappa shape index (κ1) is 17.7. The summed E-state index contributed by atoms with van der Waals surface area (Å²) in [5, 5.41) is 15.3. The third-order valence-corrected chi connectivity index (χ3v) is 3.55. The van der Waals surface area contributed by atoms with E-state index < -0.39 is 11.6 Å². The van der Waals surface area contributed by atoms with Crippen molar-refractivity contribution in [3.05, 3.63) is 65.2 Å². The second kappa shape index (κ2) is 8.86. The van der Waals surface area contributed by atoms with Crippen LogP contribution < -0.4 is 10.6 Å². The lowest BCUT2D eigenvalue weighted by Crippen LogP contribution is -2.37. The Morgan fingerprint density at radius 3 is 2.54 bits per heavy atom. The Labute approximate surface area is 140 Å². The number of phenols is 1. The summed E-state index contributed by atoms with van der Waals surface area (Å²) in [5.74, 6) is -0.132. The SMILES string of the molecule is CN=C(NCCCc1ccc(O)cc1)NCc1cc(F)ccc1F. The molecule has 0 aliphatic heterocycles. The van der Waals surface area contributed by atoms with Crippen molar-refractivity contribution < 1.29 is 13.9 Å². The molecule has 0 aromatic heterocycles. The van der Waals surface area contributed by atoms with E-state index in [0.29, 0.717) is 12.5 Å². The van der Waals surface area contributed by atoms with Gasteiger partial charge < -0.3 is 15.7 Å². The first-order valence-corrected chi connectivity index (χ1v) is 7.75. The Morgan fingerprint density at radius 2 is 1.83 bits per heavy atom. The zero-order valence-corrected chi connectivity index (χ0v) is 13.5. The molecule has 0 spiro atoms. The van der Waals surface area contributed by atoms with E-state index in [1.807, 2.05) is 12.1 Å². The first-order valence-electron chi connectivity index (χ1n) is 7.75. The number of hydrogen-bond donors (Lipinski definition) is 3. The van der Waals surface area contributed by atoms with Crippen LogP contribution in [0.1, 0.15) is 17.5 Å². The maximum Gasteiger partial charge on any atom is 0.191 e. The Hall–Kier alpha value is -2.63. The van der Waals surface area contributed by atoms with Crippen molar-refractivity contribution >= 4 is 5.96 Å². The number of hydrogen-bond acceptors (Lipinski definition) is 2. The van der Waals surface area contributed by atoms with Crippen molar-refractivity contribution in [2.24, 2.45) is 4.99 Å². The predicted molar refractivity (Wildman–Crippen MR) is 91.0 cm³/mol. The second-order valence-electron chi connectivity index (χ2n) is 5.36. The van der Waals surface area contributed by atoms with E-state index in [2.05, 4.69) is 15.6 Å². The largest absolute Gasteiger partial charge is 0.508 e. The van der Waals surface area contributed by atoms with Gasteiger partial charge in [0.1, 0.15) is 17.4 Å². The summed E-state index contributed by atoms with van der Waals surface area (Å²) in [6.07, 6.45) is 1.74. The molecule has 0 saturated heterocycles. The summed E-state index contributed by atoms with van der Waals surface area (Å²) in [6, 6.07) is 10.5. The van der Waals surface area contributed by atoms with Crippen molar-refractivity contribution in [2.45, 2.75) is 19.4 Å². The van der Waals surface area contributed by atoms with Crippen LogP contribution in [-0.2, 0) is 13.0 Å². The summed E-state index contributed by atoms with van der Waals surface area (Å²) in [6.45, 7) is 0.841. The van der Waals surface area contributed by atoms with Gasteiger partial charge in [-0.1, -0.05) is 12.1 Å². The normalized spacial score (nSPS) is 11.4. The molecule has 6 heteroatoms. The molecule has 0 radical (unpaired) electrons. The predicted octanol–water partition coefficient (Wildman–Crippen LogP) is 2.97. The van der Waals surface area contributed by atoms with Crippen LogP contribution in [0.2, 0.25) is 0 Å². The third-order valence-electron chi connectivity index (χ3n) is 3.55. The average Bonchev–Trinajstić information content (AvgIpc) is 2.58. The van der Waals surface area contributed by atoms with Crippen LogP contribution in [0.4, 0.5) is 8.78 Å². The highest BCUT2D eigenvalue weighted by Crippen LogP contribution is 2.11. The molecule has 4 nitrogen and oxygen atoms in total. The van der Waals surface area contributed by atoms with E-state index in [1.54, 1.807) is 19.2 Å². The molecular weight excluding hydrogens is 312 g/mol. The number of rotatable bonds is 6. The average molecular weight is 333 g/mol. The lowest BCUT2D eigenvalue weighted by molar-refractivity contribution is 0.475. The number of phenolic OH excluding ortho intramolecular Hbond substituents is 1. The summed E-state index contributed by atoms with van der Waals surface area (Å²) in [7, 11) is 1.62. The summed E-state index contributed by atoms with van der Waals surface area (Å²) >= 11 is 0. The smallest absolute Gasteiger partial charge is 0.191 e. The zero-order chi connectivity index (χ0) is 17.4. The topological polar surface area (TPSA) is 56.7 Å². The molecule has 0 atom stereocenters. The molecule has 0 unspecified atom stereocenters. The number of aryl methyl sites for hydroxylation is 1. The molecular formula is C18H21F2N3O. The molecule has 3 N–H and O–H groups in total. The van der Waals surface area contributed by atoms with Crippen LogP contribution in [0, 0.1) is 11.6 Å². The molecule has 0 bridgehead atoms. The number of nitrogens with zero attached hydrogens (tertiary/aromatic N) is 1. The van der Waals surface area contributed by atoms with Crippen molar-refractivity contribution in [3.8, 4) is 5.75 Å². The summed E-state index contributed by atoms with van der Waals surface area (Å²) in [4.78, 5) is 4.06. The fraction of sp³-hybridized carbons (Fsp3) is 0.278. The highest BCUT2D eigenvalue weighted by Gasteiger charge is 2.05. The molecule has 0 saturated carbocycles. The Kier molecular flexibility index (Phi) is 6.54. The molecule has 24 heavy (non-hydrogen) atoms. The minimum absolute atomic E-state index is 0.154. The van der Waals surface area contributed by atoms with Crippen molar-refractivity contribution in [2.75, 3.05) is 13.6 Å². The van der Waals surface area contributed by atoms with E-state index in [9.17, 15) is 13.9 Å². The zero-order valence-electron chi connectivity index (χ0n) is 13.5. The summed E-state index contributed by atoms with van der Waals surface area (Å²) < 4.78 is 26.7. The van der Waals surface area contributed by atoms with E-state index in [1.165, 1.54) is 6.07 Å². The van der Waals surface area contributed by atoms with Crippen molar-refractivity contribution in [1.29, 1.82) is 0 Å². The number of aromatic hydroxyl groups is 1. The van der Waals surface area contributed by atoms with Gasteiger partial charge in [-0.3, -0.25) is 4.99 Å². The molecule has 0 amide bonds. The molecule has 0 aliphatic rings. The van der Waals surface area contributed by atoms with Gasteiger partial charge in [-0.2, -0.15) is 0 Å². The van der Waals surface area contributed by atoms with Crippen molar-refractivity contribution in [1.82, 2.24) is 10.6 Å². The molecule has 0 heterocycles. The van der Waals surface area contributed by atoms with Gasteiger partial charge in [0.2, 0.25) is 0 Å². The van der Waals surface area contributed by atoms with Gasteiger partial charge in [0.05, 0.1) is 0 Å². The fourth-order valence-corrected chi connectivity index (χ4v) is 2.24. The standard InChI is InChI=1S/C18H21F2N3O/c1-21-18(23-12-14-11-15(19)6-9-17(14)20)22-10-2-3-13-4-7-16(24)8-5-13/h4-9,11,24H,2-3,10,12H2,1H3,(H2,21,22,23). The van der Waals surface area contributed by atoms with Gasteiger partial charge >= 0.3 is 0 Å². The maximum absolute atomic E-state index is 13.6. The van der Waals surface area contributed by atoms with Gasteiger partial charge in [0, 0.05) is 25.7 Å². The van der Waals surface area contributed by atoms with Crippen molar-refractivity contribution in [3.63, 3.8) is 0 Å². The van der Waals surface area contributed by atoms with E-state index in [0.717, 1.165) is 30.5 Å². The van der Waals surface area contributed by atoms with Crippen LogP contribution in [0.3, 0.4) is 0 Å². The monoisotopic (exact) mass is 333 g/mol. The molecule has 0 aliphatic carbocycles. The summed E-state index contributed by atoms with van der Waals surface area (Å²) in [5.41, 5.74) is 1.39. The fourth-order valence-electron chi connectivity index (χ4n) is 2.24. The number of benzene rings is 2. The van der Waals surface area contributed by atoms with Gasteiger partial charge in [0.15, 0.2) is 5.96 Å². The number of halogens is 2. The van der Waals surface area contributed by atoms with E-state index >= 15 is 0 Å². The lowest BCUT2D eigenvalue weighted by atomic mass is 10.1. The maximum atomic E-state index is 13.6. The van der Waals surface area contributed by atoms with Crippen LogP contribution in [0.15, 0.2) is 47.5 Å². The highest BCUT2D eigenvalue weighted by molar-refractivity contribution is 5.79. The molecule has 2 rings (SSSR count). The van der Waals surface area contributed by atoms with Gasteiger partial charge in [-0.15, -0.1) is 0 Å². The van der Waals surface area contributed by atoms with E-state index in [-0.39, 0.29) is 17.9 Å². The van der Waals surface area contributed by atoms with Crippen LogP contribution in [-0.4, -0.2) is 24.7 Å².